The van der Waals surface area contributed by atoms with Crippen LogP contribution in [0.25, 0.3) is 0 Å². The normalized spacial score (nSPS) is 20.5. The Balaban J connectivity index is 2.40. The summed E-state index contributed by atoms with van der Waals surface area (Å²) in [6, 6.07) is 1.83. The number of sulfone groups is 1. The third kappa shape index (κ3) is 2.97. The van der Waals surface area contributed by atoms with Crippen LogP contribution >= 0.6 is 11.8 Å². The largest absolute Gasteiger partial charge is 0.397 e. The summed E-state index contributed by atoms with van der Waals surface area (Å²) in [4.78, 5) is 6.23. The Labute approximate surface area is 118 Å². The maximum atomic E-state index is 12.2. The van der Waals surface area contributed by atoms with E-state index in [0.717, 1.165) is 17.1 Å². The summed E-state index contributed by atoms with van der Waals surface area (Å²) >= 11 is 1.68. The monoisotopic (exact) mass is 301 g/mol. The summed E-state index contributed by atoms with van der Waals surface area (Å²) in [5.74, 6) is 2.41. The molecule has 1 fully saturated rings. The molecule has 0 radical (unpaired) electrons. The van der Waals surface area contributed by atoms with Gasteiger partial charge in [-0.15, -0.1) is 0 Å². The smallest absolute Gasteiger partial charge is 0.171 e. The summed E-state index contributed by atoms with van der Waals surface area (Å²) in [7, 11) is -3.11. The fraction of sp³-hybridized carbons (Fsp3) is 0.583. The lowest BCUT2D eigenvalue weighted by Crippen LogP contribution is -2.48. The van der Waals surface area contributed by atoms with Gasteiger partial charge in [-0.05, 0) is 18.6 Å². The van der Waals surface area contributed by atoms with Crippen LogP contribution < -0.4 is 10.6 Å². The molecule has 1 saturated heterocycles. The lowest BCUT2D eigenvalue weighted by atomic mass is 10.2. The summed E-state index contributed by atoms with van der Waals surface area (Å²) in [6.45, 7) is 4.30. The Morgan fingerprint density at radius 3 is 2.95 bits per heavy atom. The number of rotatable bonds is 3. The van der Waals surface area contributed by atoms with Gasteiger partial charge in [0, 0.05) is 23.8 Å². The van der Waals surface area contributed by atoms with Crippen LogP contribution in [0.2, 0.25) is 0 Å². The number of aryl methyl sites for hydroxylation is 1. The van der Waals surface area contributed by atoms with E-state index in [1.165, 1.54) is 0 Å². The molecule has 0 aliphatic carbocycles. The van der Waals surface area contributed by atoms with E-state index >= 15 is 0 Å². The molecule has 7 heteroatoms. The maximum Gasteiger partial charge on any atom is 0.171 e. The Morgan fingerprint density at radius 2 is 2.32 bits per heavy atom. The van der Waals surface area contributed by atoms with Crippen molar-refractivity contribution in [2.75, 3.05) is 34.4 Å². The zero-order chi connectivity index (χ0) is 14.0. The summed E-state index contributed by atoms with van der Waals surface area (Å²) in [5, 5.41) is -0.480. The third-order valence-electron chi connectivity index (χ3n) is 3.25. The number of pyridine rings is 1. The van der Waals surface area contributed by atoms with Crippen molar-refractivity contribution in [1.29, 1.82) is 0 Å². The van der Waals surface area contributed by atoms with Crippen LogP contribution in [0.4, 0.5) is 11.5 Å². The molecule has 1 aliphatic rings. The van der Waals surface area contributed by atoms with Crippen LogP contribution in [0.15, 0.2) is 12.3 Å². The van der Waals surface area contributed by atoms with Gasteiger partial charge in [-0.3, -0.25) is 0 Å². The minimum atomic E-state index is -3.11. The second-order valence-corrected chi connectivity index (χ2v) is 8.18. The van der Waals surface area contributed by atoms with E-state index in [1.54, 1.807) is 24.9 Å². The van der Waals surface area contributed by atoms with Crippen molar-refractivity contribution >= 4 is 33.1 Å². The van der Waals surface area contributed by atoms with E-state index in [2.05, 4.69) is 4.98 Å². The molecule has 2 heterocycles. The zero-order valence-electron chi connectivity index (χ0n) is 11.2. The fourth-order valence-electron chi connectivity index (χ4n) is 2.20. The van der Waals surface area contributed by atoms with E-state index in [0.29, 0.717) is 18.0 Å². The SMILES string of the molecule is CCS(=O)(=O)C1CSCCN1c1ncc(N)cc1C. The molecule has 106 valence electrons. The molecule has 2 rings (SSSR count). The first-order valence-electron chi connectivity index (χ1n) is 6.23. The molecule has 1 aromatic heterocycles. The van der Waals surface area contributed by atoms with Crippen molar-refractivity contribution in [1.82, 2.24) is 4.98 Å². The summed E-state index contributed by atoms with van der Waals surface area (Å²) < 4.78 is 24.4. The van der Waals surface area contributed by atoms with Crippen LogP contribution in [-0.2, 0) is 9.84 Å². The summed E-state index contributed by atoms with van der Waals surface area (Å²) in [6.07, 6.45) is 1.58. The predicted molar refractivity (Wildman–Crippen MR) is 81.3 cm³/mol. The van der Waals surface area contributed by atoms with Crippen molar-refractivity contribution in [3.63, 3.8) is 0 Å². The number of thioether (sulfide) groups is 1. The average Bonchev–Trinajstić information content (AvgIpc) is 2.39. The number of aromatic nitrogens is 1. The van der Waals surface area contributed by atoms with Gasteiger partial charge in [0.25, 0.3) is 0 Å². The molecule has 2 N–H and O–H groups in total. The van der Waals surface area contributed by atoms with Crippen LogP contribution in [0.1, 0.15) is 12.5 Å². The first-order chi connectivity index (χ1) is 8.95. The van der Waals surface area contributed by atoms with Gasteiger partial charge < -0.3 is 10.6 Å². The van der Waals surface area contributed by atoms with Crippen LogP contribution in [0.3, 0.4) is 0 Å². The average molecular weight is 301 g/mol. The van der Waals surface area contributed by atoms with Crippen LogP contribution in [0, 0.1) is 6.92 Å². The highest BCUT2D eigenvalue weighted by Crippen LogP contribution is 2.28. The van der Waals surface area contributed by atoms with Crippen molar-refractivity contribution in [3.05, 3.63) is 17.8 Å². The fourth-order valence-corrected chi connectivity index (χ4v) is 5.17. The van der Waals surface area contributed by atoms with Crippen molar-refractivity contribution in [2.45, 2.75) is 19.2 Å². The maximum absolute atomic E-state index is 12.2. The second-order valence-electron chi connectivity index (χ2n) is 4.58. The van der Waals surface area contributed by atoms with E-state index in [1.807, 2.05) is 17.9 Å². The highest BCUT2D eigenvalue weighted by atomic mass is 32.2. The Kier molecular flexibility index (Phi) is 4.25. The van der Waals surface area contributed by atoms with Gasteiger partial charge in [-0.25, -0.2) is 13.4 Å². The second kappa shape index (κ2) is 5.58. The Morgan fingerprint density at radius 1 is 1.58 bits per heavy atom. The van der Waals surface area contributed by atoms with E-state index in [-0.39, 0.29) is 5.75 Å². The topological polar surface area (TPSA) is 76.3 Å². The molecule has 0 bridgehead atoms. The quantitative estimate of drug-likeness (QED) is 0.906. The number of hydrogen-bond acceptors (Lipinski definition) is 6. The van der Waals surface area contributed by atoms with Gasteiger partial charge in [0.1, 0.15) is 11.2 Å². The number of nitrogens with zero attached hydrogens (tertiary/aromatic N) is 2. The third-order valence-corrected chi connectivity index (χ3v) is 6.53. The molecule has 19 heavy (non-hydrogen) atoms. The molecule has 1 aromatic rings. The van der Waals surface area contributed by atoms with Gasteiger partial charge >= 0.3 is 0 Å². The van der Waals surface area contributed by atoms with Gasteiger partial charge in [-0.2, -0.15) is 11.8 Å². The first-order valence-corrected chi connectivity index (χ1v) is 9.11. The lowest BCUT2D eigenvalue weighted by Gasteiger charge is -2.36. The molecular weight excluding hydrogens is 282 g/mol. The first kappa shape index (κ1) is 14.5. The minimum Gasteiger partial charge on any atom is -0.397 e. The molecule has 0 saturated carbocycles. The lowest BCUT2D eigenvalue weighted by molar-refractivity contribution is 0.578. The summed E-state index contributed by atoms with van der Waals surface area (Å²) in [5.41, 5.74) is 7.22. The van der Waals surface area contributed by atoms with Gasteiger partial charge in [0.05, 0.1) is 11.9 Å². The number of anilines is 2. The predicted octanol–water partition coefficient (Wildman–Crippen LogP) is 1.29. The number of hydrogen-bond donors (Lipinski definition) is 1. The molecule has 1 unspecified atom stereocenters. The van der Waals surface area contributed by atoms with Crippen molar-refractivity contribution < 1.29 is 8.42 Å². The Bertz CT molecular complexity index is 560. The number of nitrogens with two attached hydrogens (primary N) is 1. The molecule has 1 atom stereocenters. The van der Waals surface area contributed by atoms with E-state index in [9.17, 15) is 8.42 Å². The van der Waals surface area contributed by atoms with Crippen molar-refractivity contribution in [2.24, 2.45) is 0 Å². The van der Waals surface area contributed by atoms with E-state index < -0.39 is 15.2 Å². The Hall–Kier alpha value is -0.950. The molecular formula is C12H19N3O2S2. The van der Waals surface area contributed by atoms with Gasteiger partial charge in [0.2, 0.25) is 0 Å². The molecule has 5 nitrogen and oxygen atoms in total. The standard InChI is InChI=1S/C12H19N3O2S2/c1-3-19(16,17)11-8-18-5-4-15(11)12-9(2)6-10(13)7-14-12/h6-7,11H,3-5,8,13H2,1-2H3. The van der Waals surface area contributed by atoms with Gasteiger partial charge in [-0.1, -0.05) is 6.92 Å². The number of nitrogen functional groups attached to an aromatic ring is 1. The van der Waals surface area contributed by atoms with Gasteiger partial charge in [0.15, 0.2) is 9.84 Å². The highest BCUT2D eigenvalue weighted by molar-refractivity contribution is 8.01. The molecule has 1 aliphatic heterocycles. The molecule has 0 spiro atoms. The molecule has 0 aromatic carbocycles. The van der Waals surface area contributed by atoms with Crippen LogP contribution in [-0.4, -0.2) is 42.6 Å². The highest BCUT2D eigenvalue weighted by Gasteiger charge is 2.34. The van der Waals surface area contributed by atoms with E-state index in [4.69, 9.17) is 5.73 Å². The molecule has 0 amide bonds. The minimum absolute atomic E-state index is 0.156. The zero-order valence-corrected chi connectivity index (χ0v) is 12.8. The van der Waals surface area contributed by atoms with Crippen LogP contribution in [0.5, 0.6) is 0 Å². The van der Waals surface area contributed by atoms with Crippen molar-refractivity contribution in [3.8, 4) is 0 Å².